The summed E-state index contributed by atoms with van der Waals surface area (Å²) in [5.41, 5.74) is 10.2. The first kappa shape index (κ1) is 15.7. The Morgan fingerprint density at radius 3 is 2.33 bits per heavy atom. The number of rotatable bonds is 4. The van der Waals surface area contributed by atoms with Crippen LogP contribution in [0, 0.1) is 12.7 Å². The number of benzene rings is 1. The molecule has 0 aliphatic rings. The predicted molar refractivity (Wildman–Crippen MR) is 83.9 cm³/mol. The molecular weight excluding hydrogens is 265 g/mol. The third-order valence-corrected chi connectivity index (χ3v) is 3.68. The smallest absolute Gasteiger partial charge is 0.123 e. The van der Waals surface area contributed by atoms with Crippen molar-refractivity contribution >= 4 is 0 Å². The van der Waals surface area contributed by atoms with Gasteiger partial charge in [0.25, 0.3) is 0 Å². The van der Waals surface area contributed by atoms with Crippen molar-refractivity contribution in [2.45, 2.75) is 46.1 Å². The van der Waals surface area contributed by atoms with E-state index in [9.17, 15) is 4.39 Å². The van der Waals surface area contributed by atoms with Crippen molar-refractivity contribution in [1.29, 1.82) is 0 Å². The third kappa shape index (κ3) is 3.50. The molecule has 0 unspecified atom stereocenters. The van der Waals surface area contributed by atoms with Crippen LogP contribution in [0.2, 0.25) is 0 Å². The number of aromatic nitrogens is 2. The van der Waals surface area contributed by atoms with E-state index in [0.717, 1.165) is 29.9 Å². The molecule has 0 amide bonds. The molecule has 0 atom stereocenters. The summed E-state index contributed by atoms with van der Waals surface area (Å²) in [6, 6.07) is 6.68. The van der Waals surface area contributed by atoms with E-state index in [-0.39, 0.29) is 11.2 Å². The topological polar surface area (TPSA) is 43.8 Å². The van der Waals surface area contributed by atoms with Crippen LogP contribution in [-0.2, 0) is 18.4 Å². The van der Waals surface area contributed by atoms with Crippen LogP contribution in [0.15, 0.2) is 24.3 Å². The molecule has 1 aromatic heterocycles. The van der Waals surface area contributed by atoms with E-state index in [1.54, 1.807) is 0 Å². The Labute approximate surface area is 126 Å². The van der Waals surface area contributed by atoms with E-state index in [1.807, 2.05) is 16.8 Å². The Morgan fingerprint density at radius 2 is 1.81 bits per heavy atom. The molecule has 1 aromatic carbocycles. The van der Waals surface area contributed by atoms with Gasteiger partial charge < -0.3 is 5.73 Å². The number of nitrogens with zero attached hydrogens (tertiary/aromatic N) is 2. The molecule has 1 heterocycles. The number of nitrogens with two attached hydrogens (primary N) is 1. The fourth-order valence-electron chi connectivity index (χ4n) is 2.54. The van der Waals surface area contributed by atoms with E-state index in [2.05, 4.69) is 27.7 Å². The van der Waals surface area contributed by atoms with Crippen molar-refractivity contribution in [1.82, 2.24) is 9.78 Å². The lowest BCUT2D eigenvalue weighted by Gasteiger charge is -2.18. The second-order valence-electron chi connectivity index (χ2n) is 6.48. The van der Waals surface area contributed by atoms with Gasteiger partial charge in [-0.2, -0.15) is 5.10 Å². The molecule has 0 fully saturated rings. The molecule has 0 spiro atoms. The van der Waals surface area contributed by atoms with E-state index < -0.39 is 0 Å². The summed E-state index contributed by atoms with van der Waals surface area (Å²) in [6.45, 7) is 9.86. The van der Waals surface area contributed by atoms with Gasteiger partial charge in [0.15, 0.2) is 0 Å². The molecule has 0 radical (unpaired) electrons. The van der Waals surface area contributed by atoms with Crippen molar-refractivity contribution in [3.8, 4) is 0 Å². The van der Waals surface area contributed by atoms with E-state index >= 15 is 0 Å². The molecule has 0 saturated carbocycles. The average Bonchev–Trinajstić information content (AvgIpc) is 2.71. The Hall–Kier alpha value is -1.68. The summed E-state index contributed by atoms with van der Waals surface area (Å²) in [4.78, 5) is 0. The fraction of sp³-hybridized carbons (Fsp3) is 0.471. The van der Waals surface area contributed by atoms with E-state index in [4.69, 9.17) is 10.8 Å². The SMILES string of the molecule is Cc1c(Cc2ccc(F)cc2)c(C(C)(C)C)nn1CCN. The van der Waals surface area contributed by atoms with Crippen molar-refractivity contribution in [2.24, 2.45) is 5.73 Å². The minimum atomic E-state index is -0.203. The summed E-state index contributed by atoms with van der Waals surface area (Å²) in [5, 5.41) is 4.75. The highest BCUT2D eigenvalue weighted by atomic mass is 19.1. The summed E-state index contributed by atoms with van der Waals surface area (Å²) in [5.74, 6) is -0.203. The lowest BCUT2D eigenvalue weighted by molar-refractivity contribution is 0.529. The summed E-state index contributed by atoms with van der Waals surface area (Å²) >= 11 is 0. The molecule has 0 saturated heterocycles. The van der Waals surface area contributed by atoms with Gasteiger partial charge in [0.2, 0.25) is 0 Å². The monoisotopic (exact) mass is 289 g/mol. The summed E-state index contributed by atoms with van der Waals surface area (Å²) in [7, 11) is 0. The zero-order valence-electron chi connectivity index (χ0n) is 13.3. The molecule has 2 aromatic rings. The van der Waals surface area contributed by atoms with E-state index in [0.29, 0.717) is 6.54 Å². The maximum atomic E-state index is 13.0. The molecule has 21 heavy (non-hydrogen) atoms. The first-order chi connectivity index (χ1) is 9.82. The van der Waals surface area contributed by atoms with Gasteiger partial charge >= 0.3 is 0 Å². The van der Waals surface area contributed by atoms with Gasteiger partial charge in [-0.3, -0.25) is 4.68 Å². The van der Waals surface area contributed by atoms with Crippen molar-refractivity contribution in [3.63, 3.8) is 0 Å². The second kappa shape index (κ2) is 5.98. The summed E-state index contributed by atoms with van der Waals surface area (Å²) < 4.78 is 15.0. The molecular formula is C17H24FN3. The largest absolute Gasteiger partial charge is 0.329 e. The molecule has 2 rings (SSSR count). The predicted octanol–water partition coefficient (Wildman–Crippen LogP) is 3.18. The quantitative estimate of drug-likeness (QED) is 0.939. The van der Waals surface area contributed by atoms with Crippen molar-refractivity contribution in [2.75, 3.05) is 6.54 Å². The van der Waals surface area contributed by atoms with Crippen LogP contribution < -0.4 is 5.73 Å². The Balaban J connectivity index is 2.42. The third-order valence-electron chi connectivity index (χ3n) is 3.68. The van der Waals surface area contributed by atoms with Gasteiger partial charge in [0, 0.05) is 29.6 Å². The second-order valence-corrected chi connectivity index (χ2v) is 6.48. The van der Waals surface area contributed by atoms with Crippen LogP contribution in [0.5, 0.6) is 0 Å². The van der Waals surface area contributed by atoms with Gasteiger partial charge in [-0.05, 0) is 24.6 Å². The van der Waals surface area contributed by atoms with Crippen LogP contribution in [0.4, 0.5) is 4.39 Å². The standard InChI is InChI=1S/C17H24FN3/c1-12-15(11-13-5-7-14(18)8-6-13)16(17(2,3)4)20-21(12)10-9-19/h5-8H,9-11,19H2,1-4H3. The highest BCUT2D eigenvalue weighted by Gasteiger charge is 2.24. The van der Waals surface area contributed by atoms with Crippen molar-refractivity contribution in [3.05, 3.63) is 52.6 Å². The first-order valence-electron chi connectivity index (χ1n) is 7.34. The molecule has 2 N–H and O–H groups in total. The van der Waals surface area contributed by atoms with Crippen LogP contribution >= 0.6 is 0 Å². The number of halogens is 1. The van der Waals surface area contributed by atoms with Gasteiger partial charge in [-0.15, -0.1) is 0 Å². The highest BCUT2D eigenvalue weighted by molar-refractivity contribution is 5.35. The average molecular weight is 289 g/mol. The lowest BCUT2D eigenvalue weighted by atomic mass is 9.87. The molecule has 3 nitrogen and oxygen atoms in total. The minimum absolute atomic E-state index is 0.0278. The van der Waals surface area contributed by atoms with Gasteiger partial charge in [-0.25, -0.2) is 4.39 Å². The molecule has 0 aliphatic heterocycles. The molecule has 114 valence electrons. The van der Waals surface area contributed by atoms with Crippen molar-refractivity contribution < 1.29 is 4.39 Å². The maximum absolute atomic E-state index is 13.0. The molecule has 0 bridgehead atoms. The maximum Gasteiger partial charge on any atom is 0.123 e. The Kier molecular flexibility index (Phi) is 4.47. The number of hydrogen-bond donors (Lipinski definition) is 1. The van der Waals surface area contributed by atoms with Crippen LogP contribution in [0.25, 0.3) is 0 Å². The minimum Gasteiger partial charge on any atom is -0.329 e. The van der Waals surface area contributed by atoms with Crippen LogP contribution in [-0.4, -0.2) is 16.3 Å². The normalized spacial score (nSPS) is 11.9. The zero-order valence-corrected chi connectivity index (χ0v) is 13.3. The highest BCUT2D eigenvalue weighted by Crippen LogP contribution is 2.28. The van der Waals surface area contributed by atoms with E-state index in [1.165, 1.54) is 17.7 Å². The van der Waals surface area contributed by atoms with Gasteiger partial charge in [0.05, 0.1) is 12.2 Å². The van der Waals surface area contributed by atoms with Gasteiger partial charge in [-0.1, -0.05) is 32.9 Å². The molecule has 0 aliphatic carbocycles. The zero-order chi connectivity index (χ0) is 15.6. The summed E-state index contributed by atoms with van der Waals surface area (Å²) in [6.07, 6.45) is 0.767. The lowest BCUT2D eigenvalue weighted by Crippen LogP contribution is -2.16. The number of hydrogen-bond acceptors (Lipinski definition) is 2. The van der Waals surface area contributed by atoms with Gasteiger partial charge in [0.1, 0.15) is 5.82 Å². The fourth-order valence-corrected chi connectivity index (χ4v) is 2.54. The Morgan fingerprint density at radius 1 is 1.19 bits per heavy atom. The van der Waals surface area contributed by atoms with Crippen LogP contribution in [0.3, 0.4) is 0 Å². The molecule has 4 heteroatoms. The van der Waals surface area contributed by atoms with Crippen LogP contribution in [0.1, 0.15) is 43.3 Å². The first-order valence-corrected chi connectivity index (χ1v) is 7.34. The Bertz CT molecular complexity index is 606.